The molecule has 2 aromatic rings. The molecular weight excluding hydrogens is 340 g/mol. The van der Waals surface area contributed by atoms with Crippen molar-refractivity contribution in [2.45, 2.75) is 39.3 Å². The van der Waals surface area contributed by atoms with Crippen molar-refractivity contribution in [2.24, 2.45) is 7.05 Å². The molecule has 3 rings (SSSR count). The van der Waals surface area contributed by atoms with Gasteiger partial charge in [-0.2, -0.15) is 5.10 Å². The molecule has 0 aliphatic carbocycles. The van der Waals surface area contributed by atoms with Crippen LogP contribution in [0.3, 0.4) is 0 Å². The van der Waals surface area contributed by atoms with E-state index in [4.69, 9.17) is 0 Å². The number of nitrogens with zero attached hydrogens (tertiary/aromatic N) is 4. The lowest BCUT2D eigenvalue weighted by Crippen LogP contribution is -2.54. The van der Waals surface area contributed by atoms with Crippen LogP contribution < -0.4 is 15.5 Å². The van der Waals surface area contributed by atoms with Crippen molar-refractivity contribution in [3.63, 3.8) is 0 Å². The van der Waals surface area contributed by atoms with Gasteiger partial charge in [0.15, 0.2) is 5.82 Å². The minimum absolute atomic E-state index is 0.124. The number of thiazole rings is 1. The first-order chi connectivity index (χ1) is 11.9. The molecule has 0 radical (unpaired) electrons. The summed E-state index contributed by atoms with van der Waals surface area (Å²) in [4.78, 5) is 31.9. The van der Waals surface area contributed by atoms with E-state index in [1.807, 2.05) is 20.9 Å². The zero-order chi connectivity index (χ0) is 18.0. The average molecular weight is 362 g/mol. The van der Waals surface area contributed by atoms with Crippen molar-refractivity contribution < 1.29 is 9.59 Å². The van der Waals surface area contributed by atoms with Crippen LogP contribution in [0.1, 0.15) is 28.4 Å². The van der Waals surface area contributed by atoms with Gasteiger partial charge in [0.05, 0.1) is 12.2 Å². The predicted molar refractivity (Wildman–Crippen MR) is 95.5 cm³/mol. The van der Waals surface area contributed by atoms with Crippen molar-refractivity contribution in [2.75, 3.05) is 11.4 Å². The number of piperidine rings is 1. The van der Waals surface area contributed by atoms with Gasteiger partial charge in [-0.15, -0.1) is 11.3 Å². The van der Waals surface area contributed by atoms with E-state index in [2.05, 4.69) is 20.7 Å². The van der Waals surface area contributed by atoms with E-state index in [-0.39, 0.29) is 11.9 Å². The predicted octanol–water partition coefficient (Wildman–Crippen LogP) is 1.49. The second kappa shape index (κ2) is 7.22. The standard InChI is InChI=1S/C16H22N6O2S/c1-10-11(2)25-14(18-10)9-17-16(24)19-12-5-4-7-22(15(12)23)13-6-8-21(3)20-13/h6,8,12H,4-5,7,9H2,1-3H3,(H2,17,19,24). The lowest BCUT2D eigenvalue weighted by atomic mass is 10.1. The Balaban J connectivity index is 1.56. The number of aromatic nitrogens is 3. The van der Waals surface area contributed by atoms with Crippen molar-refractivity contribution in [1.29, 1.82) is 0 Å². The average Bonchev–Trinajstić information content (AvgIpc) is 3.13. The minimum Gasteiger partial charge on any atom is -0.332 e. The molecule has 2 N–H and O–H groups in total. The van der Waals surface area contributed by atoms with E-state index in [0.29, 0.717) is 25.3 Å². The largest absolute Gasteiger partial charge is 0.332 e. The van der Waals surface area contributed by atoms with Gasteiger partial charge < -0.3 is 10.6 Å². The summed E-state index contributed by atoms with van der Waals surface area (Å²) >= 11 is 1.56. The molecule has 25 heavy (non-hydrogen) atoms. The number of carbonyl (C=O) groups excluding carboxylic acids is 2. The summed E-state index contributed by atoms with van der Waals surface area (Å²) in [5.74, 6) is 0.495. The molecule has 1 aliphatic heterocycles. The molecule has 2 aromatic heterocycles. The maximum Gasteiger partial charge on any atom is 0.315 e. The first kappa shape index (κ1) is 17.4. The van der Waals surface area contributed by atoms with Gasteiger partial charge in [-0.05, 0) is 26.7 Å². The van der Waals surface area contributed by atoms with E-state index in [1.165, 1.54) is 0 Å². The van der Waals surface area contributed by atoms with Gasteiger partial charge in [-0.3, -0.25) is 14.4 Å². The molecule has 1 aliphatic rings. The Labute approximate surface area is 150 Å². The Bertz CT molecular complexity index is 764. The molecule has 8 nitrogen and oxygen atoms in total. The molecule has 3 amide bonds. The fourth-order valence-corrected chi connectivity index (χ4v) is 3.64. The lowest BCUT2D eigenvalue weighted by molar-refractivity contribution is -0.121. The van der Waals surface area contributed by atoms with E-state index in [1.54, 1.807) is 33.2 Å². The fourth-order valence-electron chi connectivity index (χ4n) is 2.76. The highest BCUT2D eigenvalue weighted by atomic mass is 32.1. The van der Waals surface area contributed by atoms with E-state index >= 15 is 0 Å². The van der Waals surface area contributed by atoms with Gasteiger partial charge in [0.25, 0.3) is 5.91 Å². The number of carbonyl (C=O) groups is 2. The summed E-state index contributed by atoms with van der Waals surface area (Å²) in [6, 6.07) is 0.912. The summed E-state index contributed by atoms with van der Waals surface area (Å²) in [5.41, 5.74) is 0.982. The minimum atomic E-state index is -0.532. The third-order valence-electron chi connectivity index (χ3n) is 4.19. The van der Waals surface area contributed by atoms with Crippen LogP contribution in [0.5, 0.6) is 0 Å². The van der Waals surface area contributed by atoms with Crippen molar-refractivity contribution in [3.05, 3.63) is 27.8 Å². The van der Waals surface area contributed by atoms with Gasteiger partial charge in [-0.25, -0.2) is 9.78 Å². The zero-order valence-electron chi connectivity index (χ0n) is 14.6. The van der Waals surface area contributed by atoms with Crippen LogP contribution in [0, 0.1) is 13.8 Å². The van der Waals surface area contributed by atoms with E-state index in [9.17, 15) is 9.59 Å². The Kier molecular flexibility index (Phi) is 5.03. The van der Waals surface area contributed by atoms with Crippen LogP contribution in [0.25, 0.3) is 0 Å². The van der Waals surface area contributed by atoms with E-state index < -0.39 is 6.04 Å². The van der Waals surface area contributed by atoms with Gasteiger partial charge in [0, 0.05) is 30.7 Å². The number of urea groups is 1. The number of amides is 3. The van der Waals surface area contributed by atoms with Crippen LogP contribution in [0.15, 0.2) is 12.3 Å². The second-order valence-corrected chi connectivity index (χ2v) is 7.40. The molecule has 1 saturated heterocycles. The molecule has 0 bridgehead atoms. The number of hydrogen-bond donors (Lipinski definition) is 2. The topological polar surface area (TPSA) is 92.2 Å². The molecule has 0 spiro atoms. The Morgan fingerprint density at radius 3 is 2.88 bits per heavy atom. The quantitative estimate of drug-likeness (QED) is 0.862. The smallest absolute Gasteiger partial charge is 0.315 e. The first-order valence-electron chi connectivity index (χ1n) is 8.22. The number of anilines is 1. The third-order valence-corrected chi connectivity index (χ3v) is 5.27. The number of hydrogen-bond acceptors (Lipinski definition) is 5. The van der Waals surface area contributed by atoms with Gasteiger partial charge >= 0.3 is 6.03 Å². The number of rotatable bonds is 4. The van der Waals surface area contributed by atoms with Crippen molar-refractivity contribution in [1.82, 2.24) is 25.4 Å². The van der Waals surface area contributed by atoms with Crippen LogP contribution in [0.2, 0.25) is 0 Å². The summed E-state index contributed by atoms with van der Waals surface area (Å²) in [7, 11) is 1.81. The Morgan fingerprint density at radius 1 is 1.44 bits per heavy atom. The maximum absolute atomic E-state index is 12.6. The number of aryl methyl sites for hydroxylation is 3. The molecule has 0 aromatic carbocycles. The second-order valence-electron chi connectivity index (χ2n) is 6.11. The van der Waals surface area contributed by atoms with Crippen LogP contribution in [-0.2, 0) is 18.4 Å². The Hall–Kier alpha value is -2.42. The van der Waals surface area contributed by atoms with Gasteiger partial charge in [-0.1, -0.05) is 0 Å². The summed E-state index contributed by atoms with van der Waals surface area (Å²) in [6.07, 6.45) is 3.24. The molecule has 3 heterocycles. The highest BCUT2D eigenvalue weighted by Gasteiger charge is 2.31. The molecule has 9 heteroatoms. The fraction of sp³-hybridized carbons (Fsp3) is 0.500. The highest BCUT2D eigenvalue weighted by molar-refractivity contribution is 7.11. The highest BCUT2D eigenvalue weighted by Crippen LogP contribution is 2.19. The Morgan fingerprint density at radius 2 is 2.24 bits per heavy atom. The van der Waals surface area contributed by atoms with Crippen molar-refractivity contribution >= 4 is 29.1 Å². The molecule has 1 unspecified atom stereocenters. The van der Waals surface area contributed by atoms with E-state index in [0.717, 1.165) is 22.0 Å². The van der Waals surface area contributed by atoms with Crippen LogP contribution in [-0.4, -0.2) is 39.3 Å². The molecule has 134 valence electrons. The molecule has 1 atom stereocenters. The number of nitrogens with one attached hydrogen (secondary N) is 2. The molecular formula is C16H22N6O2S. The normalized spacial score (nSPS) is 17.6. The molecule has 0 saturated carbocycles. The summed E-state index contributed by atoms with van der Waals surface area (Å²) < 4.78 is 1.66. The van der Waals surface area contributed by atoms with Crippen LogP contribution in [0.4, 0.5) is 10.6 Å². The lowest BCUT2D eigenvalue weighted by Gasteiger charge is -2.31. The summed E-state index contributed by atoms with van der Waals surface area (Å²) in [5, 5.41) is 10.7. The van der Waals surface area contributed by atoms with Gasteiger partial charge in [0.1, 0.15) is 11.0 Å². The molecule has 1 fully saturated rings. The maximum atomic E-state index is 12.6. The SMILES string of the molecule is Cc1nc(CNC(=O)NC2CCCN(c3ccn(C)n3)C2=O)sc1C. The summed E-state index contributed by atoms with van der Waals surface area (Å²) in [6.45, 7) is 4.93. The van der Waals surface area contributed by atoms with Gasteiger partial charge in [0.2, 0.25) is 0 Å². The zero-order valence-corrected chi connectivity index (χ0v) is 15.4. The monoisotopic (exact) mass is 362 g/mol. The first-order valence-corrected chi connectivity index (χ1v) is 9.04. The third kappa shape index (κ3) is 3.98. The van der Waals surface area contributed by atoms with Crippen LogP contribution >= 0.6 is 11.3 Å². The van der Waals surface area contributed by atoms with Crippen molar-refractivity contribution in [3.8, 4) is 0 Å².